The summed E-state index contributed by atoms with van der Waals surface area (Å²) < 4.78 is 70.2. The first-order chi connectivity index (χ1) is 10.6. The predicted octanol–water partition coefficient (Wildman–Crippen LogP) is 3.57. The van der Waals surface area contributed by atoms with Gasteiger partial charge in [0.1, 0.15) is 11.3 Å². The van der Waals surface area contributed by atoms with E-state index in [1.807, 2.05) is 0 Å². The SMILES string of the molecule is Cc1nc(F)ccc1Oc1c(C(F)(F)F)ncc(F)c1C(=O)O. The summed E-state index contributed by atoms with van der Waals surface area (Å²) in [5, 5.41) is 8.94. The molecule has 0 unspecified atom stereocenters. The Bertz CT molecular complexity index is 777. The molecule has 2 aromatic heterocycles. The number of ether oxygens (including phenoxy) is 1. The quantitative estimate of drug-likeness (QED) is 0.686. The monoisotopic (exact) mass is 334 g/mol. The predicted molar refractivity (Wildman–Crippen MR) is 65.2 cm³/mol. The lowest BCUT2D eigenvalue weighted by Gasteiger charge is -2.16. The smallest absolute Gasteiger partial charge is 0.437 e. The van der Waals surface area contributed by atoms with Gasteiger partial charge in [-0.1, -0.05) is 0 Å². The van der Waals surface area contributed by atoms with Gasteiger partial charge in [-0.05, 0) is 19.1 Å². The maximum absolute atomic E-state index is 13.6. The fraction of sp³-hybridized carbons (Fsp3) is 0.154. The van der Waals surface area contributed by atoms with Crippen molar-refractivity contribution in [1.29, 1.82) is 0 Å². The lowest BCUT2D eigenvalue weighted by Crippen LogP contribution is -2.15. The number of carboxylic acids is 1. The number of alkyl halides is 3. The van der Waals surface area contributed by atoms with Gasteiger partial charge in [-0.15, -0.1) is 0 Å². The van der Waals surface area contributed by atoms with Crippen molar-refractivity contribution in [2.75, 3.05) is 0 Å². The van der Waals surface area contributed by atoms with Crippen molar-refractivity contribution in [3.8, 4) is 11.5 Å². The van der Waals surface area contributed by atoms with Gasteiger partial charge in [-0.25, -0.2) is 19.2 Å². The van der Waals surface area contributed by atoms with Gasteiger partial charge in [0.05, 0.1) is 11.9 Å². The van der Waals surface area contributed by atoms with Gasteiger partial charge in [0.15, 0.2) is 17.3 Å². The van der Waals surface area contributed by atoms with Crippen LogP contribution in [0.4, 0.5) is 22.0 Å². The summed E-state index contributed by atoms with van der Waals surface area (Å²) in [6, 6.07) is 1.73. The number of rotatable bonds is 3. The summed E-state index contributed by atoms with van der Waals surface area (Å²) >= 11 is 0. The van der Waals surface area contributed by atoms with Crippen LogP contribution < -0.4 is 4.74 Å². The molecular weight excluding hydrogens is 327 g/mol. The maximum atomic E-state index is 13.6. The largest absolute Gasteiger partial charge is 0.477 e. The van der Waals surface area contributed by atoms with E-state index in [9.17, 15) is 26.7 Å². The van der Waals surface area contributed by atoms with E-state index in [0.29, 0.717) is 0 Å². The second-order valence-corrected chi connectivity index (χ2v) is 4.28. The number of aryl methyl sites for hydroxylation is 1. The molecule has 0 amide bonds. The highest BCUT2D eigenvalue weighted by Crippen LogP contribution is 2.40. The molecule has 0 bridgehead atoms. The van der Waals surface area contributed by atoms with E-state index in [0.717, 1.165) is 12.1 Å². The zero-order valence-corrected chi connectivity index (χ0v) is 11.3. The number of aromatic nitrogens is 2. The van der Waals surface area contributed by atoms with Crippen molar-refractivity contribution in [3.63, 3.8) is 0 Å². The standard InChI is InChI=1S/C13H7F5N2O3/c1-5-7(2-3-8(15)20-5)23-10-9(12(21)22)6(14)4-19-11(10)13(16,17)18/h2-4H,1H3,(H,21,22). The molecule has 2 aromatic rings. The van der Waals surface area contributed by atoms with E-state index >= 15 is 0 Å². The molecule has 0 atom stereocenters. The lowest BCUT2D eigenvalue weighted by atomic mass is 10.1. The Balaban J connectivity index is 2.67. The van der Waals surface area contributed by atoms with Crippen LogP contribution in [0.25, 0.3) is 0 Å². The molecule has 122 valence electrons. The molecular formula is C13H7F5N2O3. The van der Waals surface area contributed by atoms with Crippen LogP contribution >= 0.6 is 0 Å². The Morgan fingerprint density at radius 2 is 1.91 bits per heavy atom. The Morgan fingerprint density at radius 3 is 2.43 bits per heavy atom. The first kappa shape index (κ1) is 16.6. The van der Waals surface area contributed by atoms with Crippen molar-refractivity contribution < 1.29 is 36.6 Å². The number of pyridine rings is 2. The number of hydrogen-bond acceptors (Lipinski definition) is 4. The first-order valence-corrected chi connectivity index (χ1v) is 5.91. The third kappa shape index (κ3) is 3.35. The highest BCUT2D eigenvalue weighted by molar-refractivity contribution is 5.91. The van der Waals surface area contributed by atoms with E-state index in [-0.39, 0.29) is 17.6 Å². The van der Waals surface area contributed by atoms with Gasteiger partial charge >= 0.3 is 12.1 Å². The van der Waals surface area contributed by atoms with Crippen molar-refractivity contribution in [3.05, 3.63) is 47.0 Å². The van der Waals surface area contributed by atoms with E-state index in [1.54, 1.807) is 0 Å². The summed E-state index contributed by atoms with van der Waals surface area (Å²) in [6.07, 6.45) is -4.95. The number of carbonyl (C=O) groups is 1. The van der Waals surface area contributed by atoms with Gasteiger partial charge in [-0.3, -0.25) is 0 Å². The molecule has 10 heteroatoms. The molecule has 0 fully saturated rings. The lowest BCUT2D eigenvalue weighted by molar-refractivity contribution is -0.142. The number of aromatic carboxylic acids is 1. The van der Waals surface area contributed by atoms with Crippen molar-refractivity contribution in [2.45, 2.75) is 13.1 Å². The highest BCUT2D eigenvalue weighted by Gasteiger charge is 2.40. The van der Waals surface area contributed by atoms with Gasteiger partial charge in [0.25, 0.3) is 0 Å². The summed E-state index contributed by atoms with van der Waals surface area (Å²) in [4.78, 5) is 17.2. The molecule has 23 heavy (non-hydrogen) atoms. The zero-order valence-electron chi connectivity index (χ0n) is 11.3. The number of nitrogens with zero attached hydrogens (tertiary/aromatic N) is 2. The van der Waals surface area contributed by atoms with Gasteiger partial charge in [0, 0.05) is 0 Å². The molecule has 0 spiro atoms. The minimum atomic E-state index is -5.09. The number of halogens is 5. The number of hydrogen-bond donors (Lipinski definition) is 1. The van der Waals surface area contributed by atoms with Crippen molar-refractivity contribution >= 4 is 5.97 Å². The fourth-order valence-electron chi connectivity index (χ4n) is 1.71. The van der Waals surface area contributed by atoms with Crippen LogP contribution in [0.3, 0.4) is 0 Å². The molecule has 5 nitrogen and oxygen atoms in total. The van der Waals surface area contributed by atoms with Gasteiger partial charge < -0.3 is 9.84 Å². The second kappa shape index (κ2) is 5.78. The molecule has 0 aromatic carbocycles. The topological polar surface area (TPSA) is 72.3 Å². The first-order valence-electron chi connectivity index (χ1n) is 5.91. The van der Waals surface area contributed by atoms with E-state index < -0.39 is 40.9 Å². The Morgan fingerprint density at radius 1 is 1.26 bits per heavy atom. The zero-order chi connectivity index (χ0) is 17.4. The van der Waals surface area contributed by atoms with Crippen molar-refractivity contribution in [1.82, 2.24) is 9.97 Å². The van der Waals surface area contributed by atoms with Crippen LogP contribution in [0.15, 0.2) is 18.3 Å². The minimum absolute atomic E-state index is 0.134. The van der Waals surface area contributed by atoms with Crippen molar-refractivity contribution in [2.24, 2.45) is 0 Å². The van der Waals surface area contributed by atoms with Gasteiger partial charge in [0.2, 0.25) is 5.95 Å². The Kier molecular flexibility index (Phi) is 4.17. The third-order valence-electron chi connectivity index (χ3n) is 2.69. The van der Waals surface area contributed by atoms with Crippen LogP contribution in [0.1, 0.15) is 21.7 Å². The molecule has 0 aliphatic carbocycles. The summed E-state index contributed by atoms with van der Waals surface area (Å²) in [6.45, 7) is 1.22. The molecule has 2 rings (SSSR count). The maximum Gasteiger partial charge on any atom is 0.437 e. The second-order valence-electron chi connectivity index (χ2n) is 4.28. The Labute approximate surface area is 125 Å². The molecule has 0 saturated heterocycles. The number of carboxylic acid groups (broad SMARTS) is 1. The summed E-state index contributed by atoms with van der Waals surface area (Å²) in [7, 11) is 0. The third-order valence-corrected chi connectivity index (χ3v) is 2.69. The van der Waals surface area contributed by atoms with E-state index in [2.05, 4.69) is 9.97 Å². The molecule has 0 saturated carbocycles. The molecule has 0 aliphatic rings. The Hall–Kier alpha value is -2.78. The van der Waals surface area contributed by atoms with Crippen LogP contribution in [0.5, 0.6) is 11.5 Å². The molecule has 0 radical (unpaired) electrons. The minimum Gasteiger partial charge on any atom is -0.477 e. The highest BCUT2D eigenvalue weighted by atomic mass is 19.4. The average Bonchev–Trinajstić information content (AvgIpc) is 2.40. The summed E-state index contributed by atoms with van der Waals surface area (Å²) in [5.41, 5.74) is -3.21. The van der Waals surface area contributed by atoms with Crippen LogP contribution in [0.2, 0.25) is 0 Å². The molecule has 1 N–H and O–H groups in total. The van der Waals surface area contributed by atoms with E-state index in [1.165, 1.54) is 6.92 Å². The normalized spacial score (nSPS) is 11.4. The molecule has 2 heterocycles. The van der Waals surface area contributed by atoms with Crippen LogP contribution in [0, 0.1) is 18.7 Å². The van der Waals surface area contributed by atoms with Crippen LogP contribution in [-0.2, 0) is 6.18 Å². The summed E-state index contributed by atoms with van der Waals surface area (Å²) in [5.74, 6) is -6.10. The van der Waals surface area contributed by atoms with Crippen LogP contribution in [-0.4, -0.2) is 21.0 Å². The van der Waals surface area contributed by atoms with E-state index in [4.69, 9.17) is 9.84 Å². The van der Waals surface area contributed by atoms with Gasteiger partial charge in [-0.2, -0.15) is 17.6 Å². The average molecular weight is 334 g/mol. The molecule has 0 aliphatic heterocycles. The fourth-order valence-corrected chi connectivity index (χ4v) is 1.71.